The minimum absolute atomic E-state index is 0. The van der Waals surface area contributed by atoms with E-state index in [9.17, 15) is 0 Å². The molecule has 0 N–H and O–H groups in total. The monoisotopic (exact) mass is 439 g/mol. The van der Waals surface area contributed by atoms with Crippen molar-refractivity contribution in [3.05, 3.63) is 0 Å². The zero-order valence-corrected chi connectivity index (χ0v) is 21.6. The maximum absolute atomic E-state index is 5.52. The van der Waals surface area contributed by atoms with Crippen LogP contribution in [-0.4, -0.2) is 61.8 Å². The van der Waals surface area contributed by atoms with Crippen molar-refractivity contribution in [2.75, 3.05) is 48.5 Å². The zero-order chi connectivity index (χ0) is 20.4. The van der Waals surface area contributed by atoms with E-state index in [4.69, 9.17) is 13.3 Å². The van der Waals surface area contributed by atoms with Gasteiger partial charge in [0.05, 0.1) is 27.2 Å². The van der Waals surface area contributed by atoms with Gasteiger partial charge in [0.25, 0.3) is 0 Å². The minimum atomic E-state index is -2.40. The van der Waals surface area contributed by atoms with Gasteiger partial charge in [-0.15, -0.1) is 0 Å². The Bertz CT molecular complexity index is 321. The van der Waals surface area contributed by atoms with Gasteiger partial charge in [-0.25, -0.2) is 0 Å². The van der Waals surface area contributed by atoms with Crippen LogP contribution in [0.4, 0.5) is 0 Å². The van der Waals surface area contributed by atoms with Gasteiger partial charge in [0, 0.05) is 33.8 Å². The van der Waals surface area contributed by atoms with Gasteiger partial charge in [-0.1, -0.05) is 71.1 Å². The Morgan fingerprint density at radius 3 is 1.32 bits per heavy atom. The van der Waals surface area contributed by atoms with Gasteiger partial charge in [0.2, 0.25) is 0 Å². The Morgan fingerprint density at radius 2 is 0.929 bits per heavy atom. The summed E-state index contributed by atoms with van der Waals surface area (Å²) in [5, 5.41) is 0. The van der Waals surface area contributed by atoms with Crippen LogP contribution in [0.5, 0.6) is 0 Å². The van der Waals surface area contributed by atoms with E-state index in [1.54, 1.807) is 21.3 Å². The van der Waals surface area contributed by atoms with E-state index >= 15 is 0 Å². The van der Waals surface area contributed by atoms with Crippen molar-refractivity contribution in [1.82, 2.24) is 0 Å². The quantitative estimate of drug-likeness (QED) is 0.166. The second kappa shape index (κ2) is 19.3. The van der Waals surface area contributed by atoms with Gasteiger partial charge in [0.1, 0.15) is 0 Å². The first-order valence-corrected chi connectivity index (χ1v) is 13.4. The standard InChI is InChI=1S/C22H50NO3Si.ClH/c1-7-8-9-10-11-12-13-14-15-16-17-18-20-23(2,3)21-19-22-27(24-4,25-5)26-6;/h7-22H2,1-6H3;1H/q+1;/p-1. The fraction of sp³-hybridized carbons (Fsp3) is 1.00. The third kappa shape index (κ3) is 16.2. The lowest BCUT2D eigenvalue weighted by Gasteiger charge is -2.31. The van der Waals surface area contributed by atoms with Crippen molar-refractivity contribution < 1.29 is 30.2 Å². The third-order valence-corrected chi connectivity index (χ3v) is 8.63. The average molecular weight is 440 g/mol. The molecule has 0 fully saturated rings. The number of hydrogen-bond donors (Lipinski definition) is 0. The highest BCUT2D eigenvalue weighted by atomic mass is 35.5. The molecule has 0 rings (SSSR count). The summed E-state index contributed by atoms with van der Waals surface area (Å²) in [6, 6.07) is 0.899. The molecule has 0 aliphatic heterocycles. The van der Waals surface area contributed by atoms with Crippen molar-refractivity contribution >= 4 is 8.80 Å². The lowest BCUT2D eigenvalue weighted by atomic mass is 10.1. The van der Waals surface area contributed by atoms with Crippen LogP contribution in [0, 0.1) is 0 Å². The summed E-state index contributed by atoms with van der Waals surface area (Å²) in [6.45, 7) is 4.71. The summed E-state index contributed by atoms with van der Waals surface area (Å²) in [5.41, 5.74) is 0. The number of rotatable bonds is 20. The molecule has 0 aromatic rings. The number of unbranched alkanes of at least 4 members (excludes halogenated alkanes) is 11. The van der Waals surface area contributed by atoms with Gasteiger partial charge >= 0.3 is 8.80 Å². The summed E-state index contributed by atoms with van der Waals surface area (Å²) in [5.74, 6) is 0. The van der Waals surface area contributed by atoms with Crippen LogP contribution in [0.15, 0.2) is 0 Å². The fourth-order valence-corrected chi connectivity index (χ4v) is 5.48. The van der Waals surface area contributed by atoms with E-state index < -0.39 is 8.80 Å². The van der Waals surface area contributed by atoms with Gasteiger partial charge in [-0.05, 0) is 12.8 Å². The minimum Gasteiger partial charge on any atom is -1.00 e. The van der Waals surface area contributed by atoms with Crippen molar-refractivity contribution in [1.29, 1.82) is 0 Å². The Balaban J connectivity index is 0. The first kappa shape index (κ1) is 30.5. The SMILES string of the molecule is CCCCCCCCCCCCCC[N+](C)(C)CCC[Si](OC)(OC)OC.[Cl-]. The molecule has 6 heteroatoms. The van der Waals surface area contributed by atoms with Gasteiger partial charge in [-0.3, -0.25) is 0 Å². The molecule has 0 aliphatic carbocycles. The van der Waals surface area contributed by atoms with Gasteiger partial charge < -0.3 is 30.2 Å². The van der Waals surface area contributed by atoms with E-state index in [2.05, 4.69) is 21.0 Å². The Kier molecular flexibility index (Phi) is 21.1. The second-order valence-corrected chi connectivity index (χ2v) is 11.8. The molecule has 0 bridgehead atoms. The predicted molar refractivity (Wildman–Crippen MR) is 119 cm³/mol. The van der Waals surface area contributed by atoms with Crippen molar-refractivity contribution in [2.24, 2.45) is 0 Å². The van der Waals surface area contributed by atoms with Crippen LogP contribution in [0.25, 0.3) is 0 Å². The molecule has 0 aromatic carbocycles. The molecule has 0 unspecified atom stereocenters. The predicted octanol–water partition coefficient (Wildman–Crippen LogP) is 3.04. The van der Waals surface area contributed by atoms with Crippen LogP contribution in [-0.2, 0) is 13.3 Å². The number of quaternary nitrogens is 1. The molecule has 0 spiro atoms. The van der Waals surface area contributed by atoms with Crippen LogP contribution >= 0.6 is 0 Å². The van der Waals surface area contributed by atoms with E-state index in [1.165, 1.54) is 83.6 Å². The summed E-state index contributed by atoms with van der Waals surface area (Å²) in [4.78, 5) is 0. The maximum atomic E-state index is 5.52. The maximum Gasteiger partial charge on any atom is 0.500 e. The molecule has 28 heavy (non-hydrogen) atoms. The summed E-state index contributed by atoms with van der Waals surface area (Å²) < 4.78 is 17.6. The zero-order valence-electron chi connectivity index (χ0n) is 19.9. The Hall–Kier alpha value is 0.347. The summed E-state index contributed by atoms with van der Waals surface area (Å²) >= 11 is 0. The molecule has 0 aliphatic rings. The highest BCUT2D eigenvalue weighted by Gasteiger charge is 2.37. The lowest BCUT2D eigenvalue weighted by Crippen LogP contribution is -3.00. The number of nitrogens with zero attached hydrogens (tertiary/aromatic N) is 1. The molecule has 0 aromatic heterocycles. The first-order valence-electron chi connectivity index (χ1n) is 11.4. The Labute approximate surface area is 184 Å². The lowest BCUT2D eigenvalue weighted by molar-refractivity contribution is -0.890. The molecule has 0 heterocycles. The smallest absolute Gasteiger partial charge is 0.500 e. The van der Waals surface area contributed by atoms with E-state index in [0.717, 1.165) is 23.5 Å². The number of halogens is 1. The first-order chi connectivity index (χ1) is 12.9. The highest BCUT2D eigenvalue weighted by Crippen LogP contribution is 2.17. The van der Waals surface area contributed by atoms with Crippen LogP contribution in [0.1, 0.15) is 90.4 Å². The van der Waals surface area contributed by atoms with Crippen molar-refractivity contribution in [3.63, 3.8) is 0 Å². The van der Waals surface area contributed by atoms with E-state index in [1.807, 2.05) is 0 Å². The van der Waals surface area contributed by atoms with E-state index in [-0.39, 0.29) is 12.4 Å². The summed E-state index contributed by atoms with van der Waals surface area (Å²) in [7, 11) is 7.39. The number of hydrogen-bond acceptors (Lipinski definition) is 3. The highest BCUT2D eigenvalue weighted by molar-refractivity contribution is 6.60. The van der Waals surface area contributed by atoms with Gasteiger partial charge in [-0.2, -0.15) is 0 Å². The molecule has 0 amide bonds. The summed E-state index contributed by atoms with van der Waals surface area (Å²) in [6.07, 6.45) is 18.1. The third-order valence-electron chi connectivity index (χ3n) is 5.80. The molecule has 0 atom stereocenters. The van der Waals surface area contributed by atoms with Gasteiger partial charge in [0.15, 0.2) is 0 Å². The molecule has 0 saturated heterocycles. The van der Waals surface area contributed by atoms with Crippen LogP contribution < -0.4 is 12.4 Å². The van der Waals surface area contributed by atoms with Crippen molar-refractivity contribution in [2.45, 2.75) is 96.4 Å². The van der Waals surface area contributed by atoms with E-state index in [0.29, 0.717) is 0 Å². The molecule has 0 saturated carbocycles. The van der Waals surface area contributed by atoms with Crippen LogP contribution in [0.3, 0.4) is 0 Å². The fourth-order valence-electron chi connectivity index (χ4n) is 3.77. The molecule has 4 nitrogen and oxygen atoms in total. The largest absolute Gasteiger partial charge is 1.00 e. The normalized spacial score (nSPS) is 12.2. The molecule has 0 radical (unpaired) electrons. The molecular formula is C22H50ClNO3Si. The Morgan fingerprint density at radius 1 is 0.571 bits per heavy atom. The average Bonchev–Trinajstić information content (AvgIpc) is 2.66. The second-order valence-electron chi connectivity index (χ2n) is 8.67. The molecule has 172 valence electrons. The molecular weight excluding hydrogens is 390 g/mol. The van der Waals surface area contributed by atoms with Crippen LogP contribution in [0.2, 0.25) is 6.04 Å². The van der Waals surface area contributed by atoms with Crippen molar-refractivity contribution in [3.8, 4) is 0 Å². The topological polar surface area (TPSA) is 27.7 Å².